The Morgan fingerprint density at radius 1 is 1.33 bits per heavy atom. The lowest BCUT2D eigenvalue weighted by atomic mass is 10.1. The second-order valence-corrected chi connectivity index (χ2v) is 9.54. The molecule has 118 valence electrons. The van der Waals surface area contributed by atoms with Crippen LogP contribution in [-0.2, 0) is 16.6 Å². The zero-order valence-electron chi connectivity index (χ0n) is 12.8. The molecule has 0 bridgehead atoms. The van der Waals surface area contributed by atoms with Crippen LogP contribution >= 0.6 is 11.3 Å². The van der Waals surface area contributed by atoms with E-state index in [1.807, 2.05) is 19.9 Å². The van der Waals surface area contributed by atoms with Crippen LogP contribution < -0.4 is 5.32 Å². The number of nitrogens with one attached hydrogen (secondary N) is 1. The van der Waals surface area contributed by atoms with Crippen molar-refractivity contribution < 1.29 is 8.42 Å². The van der Waals surface area contributed by atoms with Gasteiger partial charge in [-0.2, -0.15) is 4.31 Å². The molecule has 1 saturated heterocycles. The Balaban J connectivity index is 1.79. The van der Waals surface area contributed by atoms with Crippen molar-refractivity contribution in [3.8, 4) is 0 Å². The highest BCUT2D eigenvalue weighted by molar-refractivity contribution is 7.91. The summed E-state index contributed by atoms with van der Waals surface area (Å²) in [7, 11) is -3.31. The Morgan fingerprint density at radius 3 is 2.76 bits per heavy atom. The van der Waals surface area contributed by atoms with E-state index in [9.17, 15) is 8.42 Å². The molecule has 6 heteroatoms. The molecule has 1 aliphatic carbocycles. The molecule has 1 aliphatic heterocycles. The lowest BCUT2D eigenvalue weighted by molar-refractivity contribution is 0.269. The number of hydrogen-bond donors (Lipinski definition) is 1. The minimum absolute atomic E-state index is 0.124. The number of thiophene rings is 1. The zero-order valence-corrected chi connectivity index (χ0v) is 14.4. The van der Waals surface area contributed by atoms with Crippen LogP contribution in [0, 0.1) is 6.92 Å². The Morgan fingerprint density at radius 2 is 2.10 bits per heavy atom. The van der Waals surface area contributed by atoms with Gasteiger partial charge in [0.25, 0.3) is 10.0 Å². The summed E-state index contributed by atoms with van der Waals surface area (Å²) in [5, 5.41) is 3.47. The van der Waals surface area contributed by atoms with Gasteiger partial charge in [-0.05, 0) is 51.2 Å². The molecular weight excluding hydrogens is 304 g/mol. The van der Waals surface area contributed by atoms with Crippen molar-refractivity contribution in [1.29, 1.82) is 0 Å². The molecule has 21 heavy (non-hydrogen) atoms. The van der Waals surface area contributed by atoms with Gasteiger partial charge in [-0.15, -0.1) is 11.3 Å². The third kappa shape index (κ3) is 3.33. The van der Waals surface area contributed by atoms with Crippen LogP contribution in [0.4, 0.5) is 0 Å². The van der Waals surface area contributed by atoms with Gasteiger partial charge in [-0.25, -0.2) is 8.42 Å². The van der Waals surface area contributed by atoms with E-state index in [0.717, 1.165) is 36.2 Å². The third-order valence-electron chi connectivity index (χ3n) is 4.43. The quantitative estimate of drug-likeness (QED) is 0.904. The number of sulfonamides is 1. The molecule has 0 aromatic carbocycles. The first-order valence-electron chi connectivity index (χ1n) is 7.83. The van der Waals surface area contributed by atoms with Crippen molar-refractivity contribution in [3.05, 3.63) is 16.5 Å². The second kappa shape index (κ2) is 5.99. The first-order valence-corrected chi connectivity index (χ1v) is 10.1. The van der Waals surface area contributed by atoms with Crippen molar-refractivity contribution >= 4 is 21.4 Å². The molecule has 0 radical (unpaired) electrons. The summed E-state index contributed by atoms with van der Waals surface area (Å²) >= 11 is 1.44. The minimum atomic E-state index is -3.31. The number of nitrogens with zero attached hydrogens (tertiary/aromatic N) is 1. The standard InChI is InChI=1S/C15H24N2O2S2/c1-11-9-15(20-14(11)10-16-13-6-7-13)21(18,19)17-8-4-3-5-12(17)2/h9,12-13,16H,3-8,10H2,1-2H3. The fraction of sp³-hybridized carbons (Fsp3) is 0.733. The van der Waals surface area contributed by atoms with Gasteiger partial charge in [-0.1, -0.05) is 6.42 Å². The summed E-state index contributed by atoms with van der Waals surface area (Å²) in [5.41, 5.74) is 1.09. The number of aryl methyl sites for hydroxylation is 1. The molecule has 4 nitrogen and oxygen atoms in total. The lowest BCUT2D eigenvalue weighted by Gasteiger charge is -2.31. The highest BCUT2D eigenvalue weighted by Crippen LogP contribution is 2.32. The van der Waals surface area contributed by atoms with Gasteiger partial charge in [0, 0.05) is 30.1 Å². The van der Waals surface area contributed by atoms with Crippen LogP contribution in [0.2, 0.25) is 0 Å². The highest BCUT2D eigenvalue weighted by atomic mass is 32.2. The number of rotatable bonds is 5. The van der Waals surface area contributed by atoms with Crippen molar-refractivity contribution in [1.82, 2.24) is 9.62 Å². The van der Waals surface area contributed by atoms with Crippen LogP contribution in [0.3, 0.4) is 0 Å². The van der Waals surface area contributed by atoms with Crippen LogP contribution in [0.5, 0.6) is 0 Å². The molecule has 1 aromatic heterocycles. The van der Waals surface area contributed by atoms with Crippen molar-refractivity contribution in [2.75, 3.05) is 6.54 Å². The van der Waals surface area contributed by atoms with Crippen molar-refractivity contribution in [2.45, 2.75) is 68.8 Å². The van der Waals surface area contributed by atoms with E-state index in [0.29, 0.717) is 16.8 Å². The van der Waals surface area contributed by atoms with Crippen molar-refractivity contribution in [3.63, 3.8) is 0 Å². The van der Waals surface area contributed by atoms with E-state index in [2.05, 4.69) is 5.32 Å². The molecule has 3 rings (SSSR count). The fourth-order valence-corrected chi connectivity index (χ4v) is 6.23. The summed E-state index contributed by atoms with van der Waals surface area (Å²) in [5.74, 6) is 0. The molecule has 1 saturated carbocycles. The first-order chi connectivity index (χ1) is 9.98. The van der Waals surface area contributed by atoms with E-state index in [1.54, 1.807) is 4.31 Å². The zero-order chi connectivity index (χ0) is 15.0. The Hall–Kier alpha value is -0.430. The second-order valence-electron chi connectivity index (χ2n) is 6.29. The molecule has 1 unspecified atom stereocenters. The molecule has 2 aliphatic rings. The van der Waals surface area contributed by atoms with Gasteiger partial charge in [0.1, 0.15) is 4.21 Å². The van der Waals surface area contributed by atoms with Crippen LogP contribution in [0.25, 0.3) is 0 Å². The van der Waals surface area contributed by atoms with Gasteiger partial charge < -0.3 is 5.32 Å². The van der Waals surface area contributed by atoms with Crippen LogP contribution in [-0.4, -0.2) is 31.4 Å². The summed E-state index contributed by atoms with van der Waals surface area (Å²) in [6.07, 6.45) is 5.58. The van der Waals surface area contributed by atoms with Gasteiger partial charge in [0.2, 0.25) is 0 Å². The monoisotopic (exact) mass is 328 g/mol. The maximum Gasteiger partial charge on any atom is 0.252 e. The van der Waals surface area contributed by atoms with E-state index >= 15 is 0 Å². The Bertz CT molecular complexity index is 605. The molecule has 1 N–H and O–H groups in total. The van der Waals surface area contributed by atoms with Crippen LogP contribution in [0.15, 0.2) is 10.3 Å². The van der Waals surface area contributed by atoms with Crippen molar-refractivity contribution in [2.24, 2.45) is 0 Å². The van der Waals surface area contributed by atoms with Crippen LogP contribution in [0.1, 0.15) is 49.5 Å². The predicted molar refractivity (Wildman–Crippen MR) is 86.1 cm³/mol. The molecule has 1 atom stereocenters. The Kier molecular flexibility index (Phi) is 4.41. The summed E-state index contributed by atoms with van der Waals surface area (Å²) < 4.78 is 27.9. The molecule has 1 aromatic rings. The predicted octanol–water partition coefficient (Wildman–Crippen LogP) is 2.87. The Labute approximate surface area is 131 Å². The lowest BCUT2D eigenvalue weighted by Crippen LogP contribution is -2.41. The average molecular weight is 329 g/mol. The molecular formula is C15H24N2O2S2. The maximum atomic E-state index is 12.8. The van der Waals surface area contributed by atoms with E-state index in [4.69, 9.17) is 0 Å². The SMILES string of the molecule is Cc1cc(S(=O)(=O)N2CCCCC2C)sc1CNC1CC1. The van der Waals surface area contributed by atoms with Gasteiger partial charge in [0.15, 0.2) is 0 Å². The largest absolute Gasteiger partial charge is 0.309 e. The smallest absolute Gasteiger partial charge is 0.252 e. The maximum absolute atomic E-state index is 12.8. The topological polar surface area (TPSA) is 49.4 Å². The minimum Gasteiger partial charge on any atom is -0.309 e. The fourth-order valence-electron chi connectivity index (χ4n) is 2.86. The van der Waals surface area contributed by atoms with Gasteiger partial charge >= 0.3 is 0 Å². The van der Waals surface area contributed by atoms with Gasteiger partial charge in [-0.3, -0.25) is 0 Å². The summed E-state index contributed by atoms with van der Waals surface area (Å²) in [6.45, 7) is 5.49. The molecule has 0 amide bonds. The molecule has 2 heterocycles. The van der Waals surface area contributed by atoms with E-state index in [-0.39, 0.29) is 6.04 Å². The third-order valence-corrected chi connectivity index (χ3v) is 8.13. The van der Waals surface area contributed by atoms with E-state index in [1.165, 1.54) is 24.2 Å². The highest BCUT2D eigenvalue weighted by Gasteiger charge is 2.32. The molecule has 2 fully saturated rings. The number of hydrogen-bond acceptors (Lipinski definition) is 4. The van der Waals surface area contributed by atoms with E-state index < -0.39 is 10.0 Å². The first kappa shape index (κ1) is 15.5. The van der Waals surface area contributed by atoms with Gasteiger partial charge in [0.05, 0.1) is 0 Å². The average Bonchev–Trinajstić information content (AvgIpc) is 3.19. The normalized spacial score (nSPS) is 24.4. The molecule has 0 spiro atoms. The summed E-state index contributed by atoms with van der Waals surface area (Å²) in [4.78, 5) is 1.16. The summed E-state index contributed by atoms with van der Waals surface area (Å²) in [6, 6.07) is 2.62. The number of piperidine rings is 1.